The van der Waals surface area contributed by atoms with Gasteiger partial charge in [0.05, 0.1) is 5.25 Å². The number of carbonyl (C=O) groups excluding carboxylic acids is 2. The summed E-state index contributed by atoms with van der Waals surface area (Å²) in [5.41, 5.74) is 3.94. The molecule has 0 bridgehead atoms. The van der Waals surface area contributed by atoms with Gasteiger partial charge in [0.1, 0.15) is 0 Å². The number of amides is 3. The van der Waals surface area contributed by atoms with Crippen molar-refractivity contribution in [2.45, 2.75) is 43.1 Å². The highest BCUT2D eigenvalue weighted by atomic mass is 32.2. The molecule has 1 aliphatic carbocycles. The molecule has 0 radical (unpaired) electrons. The van der Waals surface area contributed by atoms with Gasteiger partial charge in [-0.1, -0.05) is 42.1 Å². The van der Waals surface area contributed by atoms with Crippen LogP contribution >= 0.6 is 11.8 Å². The monoisotopic (exact) mass is 460 g/mol. The largest absolute Gasteiger partial charge is 0.360 e. The second kappa shape index (κ2) is 8.74. The Morgan fingerprint density at radius 1 is 1.15 bits per heavy atom. The van der Waals surface area contributed by atoms with E-state index in [4.69, 9.17) is 0 Å². The topological polar surface area (TPSA) is 105 Å². The summed E-state index contributed by atoms with van der Waals surface area (Å²) in [7, 11) is 0. The van der Waals surface area contributed by atoms with Crippen molar-refractivity contribution < 1.29 is 9.59 Å². The standard InChI is InChI=1S/C24H24N6O2S/c1-14-6-5-7-17(12-14)30-21(19-13-25-20-9-4-3-8-18(19)20)28-29-24(30)33-15(2)22(31)27-23(32)26-16-10-11-16/h3-9,12-13,15-16,25H,10-11H2,1-2H3,(H2,26,27,31,32). The number of nitrogens with zero attached hydrogens (tertiary/aromatic N) is 3. The lowest BCUT2D eigenvalue weighted by Crippen LogP contribution is -2.43. The minimum atomic E-state index is -0.543. The Bertz CT molecular complexity index is 1340. The van der Waals surface area contributed by atoms with E-state index in [0.29, 0.717) is 11.0 Å². The van der Waals surface area contributed by atoms with Crippen molar-refractivity contribution in [2.75, 3.05) is 0 Å². The molecule has 3 amide bonds. The Kier molecular flexibility index (Phi) is 5.63. The molecule has 168 valence electrons. The SMILES string of the molecule is Cc1cccc(-n2c(SC(C)C(=O)NC(=O)NC3CC3)nnc2-c2c[nH]c3ccccc23)c1. The third-order valence-electron chi connectivity index (χ3n) is 5.52. The summed E-state index contributed by atoms with van der Waals surface area (Å²) in [6.07, 6.45) is 3.85. The molecular weight excluding hydrogens is 436 g/mol. The van der Waals surface area contributed by atoms with E-state index < -0.39 is 11.3 Å². The summed E-state index contributed by atoms with van der Waals surface area (Å²) in [6.45, 7) is 3.78. The lowest BCUT2D eigenvalue weighted by atomic mass is 10.1. The van der Waals surface area contributed by atoms with Crippen LogP contribution in [0.25, 0.3) is 28.0 Å². The van der Waals surface area contributed by atoms with E-state index in [0.717, 1.165) is 40.6 Å². The lowest BCUT2D eigenvalue weighted by Gasteiger charge is -2.14. The van der Waals surface area contributed by atoms with Crippen molar-refractivity contribution in [3.05, 3.63) is 60.3 Å². The Hall–Kier alpha value is -3.59. The number of fused-ring (bicyclic) bond motifs is 1. The Morgan fingerprint density at radius 2 is 1.97 bits per heavy atom. The number of hydrogen-bond donors (Lipinski definition) is 3. The molecule has 1 fully saturated rings. The van der Waals surface area contributed by atoms with Crippen molar-refractivity contribution in [2.24, 2.45) is 0 Å². The maximum atomic E-state index is 12.6. The number of H-pyrrole nitrogens is 1. The van der Waals surface area contributed by atoms with Crippen molar-refractivity contribution in [3.8, 4) is 17.1 Å². The fourth-order valence-electron chi connectivity index (χ4n) is 3.65. The van der Waals surface area contributed by atoms with Gasteiger partial charge in [-0.15, -0.1) is 10.2 Å². The van der Waals surface area contributed by atoms with E-state index >= 15 is 0 Å². The maximum Gasteiger partial charge on any atom is 0.321 e. The van der Waals surface area contributed by atoms with Crippen LogP contribution < -0.4 is 10.6 Å². The number of thioether (sulfide) groups is 1. The number of urea groups is 1. The van der Waals surface area contributed by atoms with Gasteiger partial charge < -0.3 is 10.3 Å². The van der Waals surface area contributed by atoms with Crippen LogP contribution in [0, 0.1) is 6.92 Å². The number of imide groups is 1. The lowest BCUT2D eigenvalue weighted by molar-refractivity contribution is -0.119. The molecule has 1 aliphatic rings. The number of aromatic nitrogens is 4. The first-order valence-electron chi connectivity index (χ1n) is 10.9. The molecule has 2 heterocycles. The third kappa shape index (κ3) is 4.49. The Labute approximate surface area is 195 Å². The van der Waals surface area contributed by atoms with E-state index in [9.17, 15) is 9.59 Å². The summed E-state index contributed by atoms with van der Waals surface area (Å²) < 4.78 is 1.96. The number of rotatable bonds is 6. The fraction of sp³-hybridized carbons (Fsp3) is 0.250. The van der Waals surface area contributed by atoms with Crippen molar-refractivity contribution >= 4 is 34.6 Å². The molecule has 5 rings (SSSR count). The van der Waals surface area contributed by atoms with Gasteiger partial charge in [0.25, 0.3) is 0 Å². The van der Waals surface area contributed by atoms with E-state index in [1.54, 1.807) is 6.92 Å². The van der Waals surface area contributed by atoms with E-state index in [2.05, 4.69) is 31.9 Å². The molecule has 8 nitrogen and oxygen atoms in total. The van der Waals surface area contributed by atoms with E-state index in [1.165, 1.54) is 11.8 Å². The molecule has 3 N–H and O–H groups in total. The normalized spacial score (nSPS) is 14.2. The highest BCUT2D eigenvalue weighted by molar-refractivity contribution is 8.00. The smallest absolute Gasteiger partial charge is 0.321 e. The summed E-state index contributed by atoms with van der Waals surface area (Å²) in [5, 5.41) is 15.2. The van der Waals surface area contributed by atoms with Crippen molar-refractivity contribution in [1.82, 2.24) is 30.4 Å². The molecule has 4 aromatic rings. The molecule has 0 aliphatic heterocycles. The predicted octanol–water partition coefficient (Wildman–Crippen LogP) is 4.19. The van der Waals surface area contributed by atoms with Crippen LogP contribution in [0.5, 0.6) is 0 Å². The highest BCUT2D eigenvalue weighted by Gasteiger charge is 2.27. The van der Waals surface area contributed by atoms with Crippen LogP contribution in [0.1, 0.15) is 25.3 Å². The fourth-order valence-corrected chi connectivity index (χ4v) is 4.52. The third-order valence-corrected chi connectivity index (χ3v) is 6.57. The number of aryl methyl sites for hydroxylation is 1. The predicted molar refractivity (Wildman–Crippen MR) is 128 cm³/mol. The van der Waals surface area contributed by atoms with Crippen LogP contribution in [0.2, 0.25) is 0 Å². The van der Waals surface area contributed by atoms with Gasteiger partial charge in [-0.05, 0) is 50.5 Å². The number of hydrogen-bond acceptors (Lipinski definition) is 5. The van der Waals surface area contributed by atoms with E-state index in [1.807, 2.05) is 60.2 Å². The molecular formula is C24H24N6O2S. The summed E-state index contributed by atoms with van der Waals surface area (Å²) in [4.78, 5) is 27.9. The first-order valence-corrected chi connectivity index (χ1v) is 11.7. The summed E-state index contributed by atoms with van der Waals surface area (Å²) in [6, 6.07) is 15.8. The minimum Gasteiger partial charge on any atom is -0.360 e. The Balaban J connectivity index is 1.48. The maximum absolute atomic E-state index is 12.6. The quantitative estimate of drug-likeness (QED) is 0.374. The van der Waals surface area contributed by atoms with Gasteiger partial charge in [-0.2, -0.15) is 0 Å². The highest BCUT2D eigenvalue weighted by Crippen LogP contribution is 2.33. The van der Waals surface area contributed by atoms with Gasteiger partial charge in [0.15, 0.2) is 11.0 Å². The molecule has 1 unspecified atom stereocenters. The Morgan fingerprint density at radius 3 is 2.76 bits per heavy atom. The van der Waals surface area contributed by atoms with Gasteiger partial charge >= 0.3 is 6.03 Å². The average Bonchev–Trinajstić information content (AvgIpc) is 3.35. The van der Waals surface area contributed by atoms with Gasteiger partial charge in [0, 0.05) is 34.4 Å². The number of para-hydroxylation sites is 1. The first kappa shape index (κ1) is 21.3. The van der Waals surface area contributed by atoms with Crippen molar-refractivity contribution in [1.29, 1.82) is 0 Å². The zero-order valence-electron chi connectivity index (χ0n) is 18.3. The minimum absolute atomic E-state index is 0.184. The molecule has 9 heteroatoms. The van der Waals surface area contributed by atoms with Crippen LogP contribution in [-0.2, 0) is 4.79 Å². The van der Waals surface area contributed by atoms with Gasteiger partial charge in [0.2, 0.25) is 5.91 Å². The molecule has 2 aromatic heterocycles. The molecule has 2 aromatic carbocycles. The zero-order valence-corrected chi connectivity index (χ0v) is 19.1. The van der Waals surface area contributed by atoms with Gasteiger partial charge in [-0.25, -0.2) is 4.79 Å². The molecule has 0 saturated heterocycles. The summed E-state index contributed by atoms with van der Waals surface area (Å²) >= 11 is 1.27. The number of benzene rings is 2. The average molecular weight is 461 g/mol. The van der Waals surface area contributed by atoms with E-state index in [-0.39, 0.29) is 11.9 Å². The molecule has 1 atom stereocenters. The summed E-state index contributed by atoms with van der Waals surface area (Å²) in [5.74, 6) is 0.310. The number of aromatic amines is 1. The van der Waals surface area contributed by atoms with Crippen LogP contribution in [0.15, 0.2) is 59.9 Å². The van der Waals surface area contributed by atoms with Crippen LogP contribution in [-0.4, -0.2) is 43.0 Å². The first-order chi connectivity index (χ1) is 16.0. The second-order valence-electron chi connectivity index (χ2n) is 8.23. The van der Waals surface area contributed by atoms with Crippen LogP contribution in [0.3, 0.4) is 0 Å². The number of carbonyl (C=O) groups is 2. The second-order valence-corrected chi connectivity index (χ2v) is 9.53. The van der Waals surface area contributed by atoms with Crippen molar-refractivity contribution in [3.63, 3.8) is 0 Å². The number of nitrogens with one attached hydrogen (secondary N) is 3. The van der Waals surface area contributed by atoms with Crippen LogP contribution in [0.4, 0.5) is 4.79 Å². The zero-order chi connectivity index (χ0) is 22.9. The molecule has 1 saturated carbocycles. The van der Waals surface area contributed by atoms with Gasteiger partial charge in [-0.3, -0.25) is 14.7 Å². The molecule has 33 heavy (non-hydrogen) atoms. The molecule has 0 spiro atoms.